The first-order valence-corrected chi connectivity index (χ1v) is 8.98. The number of hydrogen-bond donors (Lipinski definition) is 0. The Balaban J connectivity index is 2.90. The van der Waals surface area contributed by atoms with Gasteiger partial charge in [-0.2, -0.15) is 0 Å². The SMILES string of the molecule is CCCC(C)C1=CC(C(C)CCC)=C(C(C)CCC)C1. The summed E-state index contributed by atoms with van der Waals surface area (Å²) in [5.41, 5.74) is 5.18. The molecule has 0 heterocycles. The van der Waals surface area contributed by atoms with Crippen molar-refractivity contribution in [3.63, 3.8) is 0 Å². The van der Waals surface area contributed by atoms with E-state index < -0.39 is 0 Å². The number of hydrogen-bond acceptors (Lipinski definition) is 0. The average Bonchev–Trinajstić information content (AvgIpc) is 2.84. The van der Waals surface area contributed by atoms with Crippen LogP contribution in [0.25, 0.3) is 0 Å². The second kappa shape index (κ2) is 8.70. The summed E-state index contributed by atoms with van der Waals surface area (Å²) in [5, 5.41) is 0. The molecule has 0 aromatic heterocycles. The zero-order valence-corrected chi connectivity index (χ0v) is 14.8. The van der Waals surface area contributed by atoms with Crippen LogP contribution in [0, 0.1) is 17.8 Å². The maximum absolute atomic E-state index is 2.59. The van der Waals surface area contributed by atoms with E-state index in [0.29, 0.717) is 0 Å². The van der Waals surface area contributed by atoms with E-state index in [0.717, 1.165) is 17.8 Å². The summed E-state index contributed by atoms with van der Waals surface area (Å²) in [6.07, 6.45) is 11.8. The van der Waals surface area contributed by atoms with Crippen molar-refractivity contribution in [2.75, 3.05) is 0 Å². The molecule has 0 heteroatoms. The molecule has 1 aliphatic carbocycles. The van der Waals surface area contributed by atoms with Gasteiger partial charge in [-0.3, -0.25) is 0 Å². The molecule has 0 aliphatic heterocycles. The van der Waals surface area contributed by atoms with Gasteiger partial charge in [-0.05, 0) is 49.0 Å². The van der Waals surface area contributed by atoms with Crippen LogP contribution in [-0.2, 0) is 0 Å². The molecule has 0 nitrogen and oxygen atoms in total. The molecule has 3 atom stereocenters. The first kappa shape index (κ1) is 17.5. The summed E-state index contributed by atoms with van der Waals surface area (Å²) in [6, 6.07) is 0. The van der Waals surface area contributed by atoms with E-state index in [1.165, 1.54) is 44.9 Å². The third kappa shape index (κ3) is 4.50. The van der Waals surface area contributed by atoms with Gasteiger partial charge in [0.1, 0.15) is 0 Å². The maximum atomic E-state index is 2.59. The predicted molar refractivity (Wildman–Crippen MR) is 91.9 cm³/mol. The Morgan fingerprint density at radius 2 is 1.30 bits per heavy atom. The molecule has 20 heavy (non-hydrogen) atoms. The minimum atomic E-state index is 0.751. The molecule has 0 aromatic rings. The van der Waals surface area contributed by atoms with Crippen molar-refractivity contribution in [2.45, 2.75) is 86.5 Å². The van der Waals surface area contributed by atoms with Gasteiger partial charge in [0.2, 0.25) is 0 Å². The van der Waals surface area contributed by atoms with Crippen LogP contribution in [0.3, 0.4) is 0 Å². The van der Waals surface area contributed by atoms with Gasteiger partial charge in [-0.1, -0.05) is 78.0 Å². The third-order valence-corrected chi connectivity index (χ3v) is 5.03. The summed E-state index contributed by atoms with van der Waals surface area (Å²) in [4.78, 5) is 0. The quantitative estimate of drug-likeness (QED) is 0.428. The van der Waals surface area contributed by atoms with Gasteiger partial charge in [0, 0.05) is 0 Å². The van der Waals surface area contributed by atoms with Crippen molar-refractivity contribution in [1.82, 2.24) is 0 Å². The van der Waals surface area contributed by atoms with E-state index in [1.54, 1.807) is 16.7 Å². The van der Waals surface area contributed by atoms with Crippen molar-refractivity contribution < 1.29 is 0 Å². The topological polar surface area (TPSA) is 0 Å². The van der Waals surface area contributed by atoms with Gasteiger partial charge >= 0.3 is 0 Å². The lowest BCUT2D eigenvalue weighted by molar-refractivity contribution is 0.547. The van der Waals surface area contributed by atoms with Gasteiger partial charge < -0.3 is 0 Å². The summed E-state index contributed by atoms with van der Waals surface area (Å²) >= 11 is 0. The lowest BCUT2D eigenvalue weighted by atomic mass is 9.86. The molecule has 0 fully saturated rings. The fourth-order valence-corrected chi connectivity index (χ4v) is 3.71. The summed E-state index contributed by atoms with van der Waals surface area (Å²) in [7, 11) is 0. The van der Waals surface area contributed by atoms with Crippen LogP contribution < -0.4 is 0 Å². The molecule has 3 unspecified atom stereocenters. The highest BCUT2D eigenvalue weighted by Gasteiger charge is 2.25. The lowest BCUT2D eigenvalue weighted by Gasteiger charge is -2.19. The van der Waals surface area contributed by atoms with Crippen LogP contribution in [0.5, 0.6) is 0 Å². The Hall–Kier alpha value is -0.520. The molecule has 0 N–H and O–H groups in total. The van der Waals surface area contributed by atoms with Crippen molar-refractivity contribution >= 4 is 0 Å². The molecule has 1 aliphatic rings. The molecule has 0 spiro atoms. The molecule has 1 rings (SSSR count). The van der Waals surface area contributed by atoms with Crippen molar-refractivity contribution in [1.29, 1.82) is 0 Å². The number of rotatable bonds is 9. The van der Waals surface area contributed by atoms with E-state index in [2.05, 4.69) is 47.6 Å². The van der Waals surface area contributed by atoms with E-state index in [1.807, 2.05) is 0 Å². The second-order valence-electron chi connectivity index (χ2n) is 6.95. The van der Waals surface area contributed by atoms with Crippen molar-refractivity contribution in [3.05, 3.63) is 22.8 Å². The first-order chi connectivity index (χ1) is 9.54. The molecule has 0 saturated heterocycles. The molecular formula is C20H36. The molecular weight excluding hydrogens is 240 g/mol. The van der Waals surface area contributed by atoms with Gasteiger partial charge in [0.05, 0.1) is 0 Å². The summed E-state index contributed by atoms with van der Waals surface area (Å²) in [6.45, 7) is 14.2. The molecule has 0 bridgehead atoms. The first-order valence-electron chi connectivity index (χ1n) is 8.98. The standard InChI is InChI=1S/C20H36/c1-7-10-15(4)18-13-19(16(5)11-8-2)20(14-18)17(6)12-9-3/h13,15-17H,7-12,14H2,1-6H3. The Labute approximate surface area is 127 Å². The number of allylic oxidation sites excluding steroid dienone is 4. The van der Waals surface area contributed by atoms with E-state index in [-0.39, 0.29) is 0 Å². The smallest absolute Gasteiger partial charge is 0.00939 e. The minimum absolute atomic E-state index is 0.751. The highest BCUT2D eigenvalue weighted by atomic mass is 14.3. The van der Waals surface area contributed by atoms with Crippen LogP contribution in [0.1, 0.15) is 86.5 Å². The lowest BCUT2D eigenvalue weighted by Crippen LogP contribution is -2.05. The fraction of sp³-hybridized carbons (Fsp3) is 0.800. The monoisotopic (exact) mass is 276 g/mol. The molecule has 116 valence electrons. The minimum Gasteiger partial charge on any atom is -0.0654 e. The second-order valence-corrected chi connectivity index (χ2v) is 6.95. The Morgan fingerprint density at radius 3 is 1.85 bits per heavy atom. The van der Waals surface area contributed by atoms with Crippen molar-refractivity contribution in [2.24, 2.45) is 17.8 Å². The summed E-state index contributed by atoms with van der Waals surface area (Å²) < 4.78 is 0. The van der Waals surface area contributed by atoms with Gasteiger partial charge in [0.25, 0.3) is 0 Å². The molecule has 0 aromatic carbocycles. The normalized spacial score (nSPS) is 20.0. The zero-order chi connectivity index (χ0) is 15.1. The van der Waals surface area contributed by atoms with E-state index in [9.17, 15) is 0 Å². The Kier molecular flexibility index (Phi) is 7.62. The van der Waals surface area contributed by atoms with Crippen LogP contribution >= 0.6 is 0 Å². The molecule has 0 saturated carbocycles. The van der Waals surface area contributed by atoms with Crippen molar-refractivity contribution in [3.8, 4) is 0 Å². The zero-order valence-electron chi connectivity index (χ0n) is 14.8. The van der Waals surface area contributed by atoms with Crippen LogP contribution in [0.15, 0.2) is 22.8 Å². The van der Waals surface area contributed by atoms with Crippen LogP contribution in [0.2, 0.25) is 0 Å². The average molecular weight is 277 g/mol. The predicted octanol–water partition coefficient (Wildman–Crippen LogP) is 6.92. The van der Waals surface area contributed by atoms with E-state index >= 15 is 0 Å². The van der Waals surface area contributed by atoms with Gasteiger partial charge in [-0.25, -0.2) is 0 Å². The Morgan fingerprint density at radius 1 is 0.800 bits per heavy atom. The van der Waals surface area contributed by atoms with Crippen LogP contribution in [0.4, 0.5) is 0 Å². The highest BCUT2D eigenvalue weighted by molar-refractivity contribution is 5.42. The van der Waals surface area contributed by atoms with Gasteiger partial charge in [0.15, 0.2) is 0 Å². The summed E-state index contributed by atoms with van der Waals surface area (Å²) in [5.74, 6) is 2.30. The largest absolute Gasteiger partial charge is 0.0654 e. The van der Waals surface area contributed by atoms with E-state index in [4.69, 9.17) is 0 Å². The highest BCUT2D eigenvalue weighted by Crippen LogP contribution is 2.40. The maximum Gasteiger partial charge on any atom is -0.00939 e. The third-order valence-electron chi connectivity index (χ3n) is 5.03. The van der Waals surface area contributed by atoms with Crippen LogP contribution in [-0.4, -0.2) is 0 Å². The molecule has 0 amide bonds. The van der Waals surface area contributed by atoms with Gasteiger partial charge in [-0.15, -0.1) is 0 Å². The Bertz CT molecular complexity index is 345. The fourth-order valence-electron chi connectivity index (χ4n) is 3.71. The molecule has 0 radical (unpaired) electrons.